The summed E-state index contributed by atoms with van der Waals surface area (Å²) >= 11 is 0. The maximum atomic E-state index is 14.0. The zero-order valence-corrected chi connectivity index (χ0v) is 9.52. The highest BCUT2D eigenvalue weighted by Gasteiger charge is 2.34. The van der Waals surface area contributed by atoms with Crippen molar-refractivity contribution >= 4 is 0 Å². The summed E-state index contributed by atoms with van der Waals surface area (Å²) in [7, 11) is 0. The number of halogens is 2. The molecule has 16 heavy (non-hydrogen) atoms. The molecule has 0 aliphatic heterocycles. The number of hydrogen-bond acceptors (Lipinski definition) is 1. The van der Waals surface area contributed by atoms with Crippen LogP contribution in [0.4, 0.5) is 8.78 Å². The maximum Gasteiger partial charge on any atom is 0.134 e. The zero-order valence-electron chi connectivity index (χ0n) is 9.52. The van der Waals surface area contributed by atoms with E-state index in [2.05, 4.69) is 0 Å². The molecule has 2 rings (SSSR count). The summed E-state index contributed by atoms with van der Waals surface area (Å²) in [5.41, 5.74) is 5.92. The van der Waals surface area contributed by atoms with Gasteiger partial charge in [0.25, 0.3) is 0 Å². The van der Waals surface area contributed by atoms with E-state index in [1.807, 2.05) is 0 Å². The van der Waals surface area contributed by atoms with Crippen LogP contribution in [0.5, 0.6) is 0 Å². The molecule has 0 atom stereocenters. The Bertz CT molecular complexity index is 395. The Balaban J connectivity index is 2.49. The SMILES string of the molecule is Cc1ccc(F)c(C2(N)CCCCC2)c1F. The van der Waals surface area contributed by atoms with E-state index in [4.69, 9.17) is 5.73 Å². The van der Waals surface area contributed by atoms with Crippen LogP contribution in [0.15, 0.2) is 12.1 Å². The summed E-state index contributed by atoms with van der Waals surface area (Å²) < 4.78 is 27.7. The van der Waals surface area contributed by atoms with Gasteiger partial charge in [-0.15, -0.1) is 0 Å². The minimum Gasteiger partial charge on any atom is -0.321 e. The third kappa shape index (κ3) is 1.84. The van der Waals surface area contributed by atoms with E-state index in [0.717, 1.165) is 19.3 Å². The molecule has 0 heterocycles. The Morgan fingerprint density at radius 1 is 1.12 bits per heavy atom. The monoisotopic (exact) mass is 225 g/mol. The van der Waals surface area contributed by atoms with Crippen LogP contribution in [-0.2, 0) is 5.54 Å². The van der Waals surface area contributed by atoms with Gasteiger partial charge in [0.05, 0.1) is 0 Å². The van der Waals surface area contributed by atoms with Gasteiger partial charge in [-0.1, -0.05) is 25.3 Å². The fourth-order valence-corrected chi connectivity index (χ4v) is 2.55. The Morgan fingerprint density at radius 3 is 2.38 bits per heavy atom. The van der Waals surface area contributed by atoms with Gasteiger partial charge in [-0.05, 0) is 31.4 Å². The van der Waals surface area contributed by atoms with Gasteiger partial charge in [0.2, 0.25) is 0 Å². The number of nitrogens with two attached hydrogens (primary N) is 1. The van der Waals surface area contributed by atoms with Crippen LogP contribution in [-0.4, -0.2) is 0 Å². The molecule has 0 spiro atoms. The first-order chi connectivity index (χ1) is 7.54. The Hall–Kier alpha value is -0.960. The van der Waals surface area contributed by atoms with Crippen molar-refractivity contribution in [2.24, 2.45) is 5.73 Å². The molecule has 1 saturated carbocycles. The molecule has 1 fully saturated rings. The van der Waals surface area contributed by atoms with E-state index < -0.39 is 17.2 Å². The molecule has 1 aliphatic carbocycles. The molecule has 0 saturated heterocycles. The van der Waals surface area contributed by atoms with Gasteiger partial charge in [-0.25, -0.2) is 8.78 Å². The summed E-state index contributed by atoms with van der Waals surface area (Å²) in [6.45, 7) is 1.64. The van der Waals surface area contributed by atoms with Gasteiger partial charge in [-0.2, -0.15) is 0 Å². The molecule has 0 aromatic heterocycles. The molecule has 1 aromatic rings. The van der Waals surface area contributed by atoms with Crippen molar-refractivity contribution in [2.45, 2.75) is 44.6 Å². The Labute approximate surface area is 94.7 Å². The first-order valence-corrected chi connectivity index (χ1v) is 5.78. The lowest BCUT2D eigenvalue weighted by Gasteiger charge is -2.34. The van der Waals surface area contributed by atoms with Crippen LogP contribution in [0.1, 0.15) is 43.2 Å². The minimum atomic E-state index is -0.807. The summed E-state index contributed by atoms with van der Waals surface area (Å²) in [5.74, 6) is -0.975. The van der Waals surface area contributed by atoms with Gasteiger partial charge in [0.1, 0.15) is 11.6 Å². The number of hydrogen-bond donors (Lipinski definition) is 1. The smallest absolute Gasteiger partial charge is 0.134 e. The summed E-state index contributed by atoms with van der Waals surface area (Å²) in [6.07, 6.45) is 4.34. The lowest BCUT2D eigenvalue weighted by molar-refractivity contribution is 0.282. The molecular formula is C13H17F2N. The van der Waals surface area contributed by atoms with Crippen LogP contribution >= 0.6 is 0 Å². The molecule has 1 nitrogen and oxygen atoms in total. The van der Waals surface area contributed by atoms with Crippen molar-refractivity contribution in [1.29, 1.82) is 0 Å². The third-order valence-corrected chi connectivity index (χ3v) is 3.53. The quantitative estimate of drug-likeness (QED) is 0.779. The Morgan fingerprint density at radius 2 is 1.75 bits per heavy atom. The van der Waals surface area contributed by atoms with E-state index in [9.17, 15) is 8.78 Å². The fourth-order valence-electron chi connectivity index (χ4n) is 2.55. The zero-order chi connectivity index (χ0) is 11.8. The second-order valence-electron chi connectivity index (χ2n) is 4.77. The topological polar surface area (TPSA) is 26.0 Å². The first-order valence-electron chi connectivity index (χ1n) is 5.78. The van der Waals surface area contributed by atoms with Gasteiger partial charge >= 0.3 is 0 Å². The third-order valence-electron chi connectivity index (χ3n) is 3.53. The lowest BCUT2D eigenvalue weighted by Crippen LogP contribution is -2.40. The number of rotatable bonds is 1. The van der Waals surface area contributed by atoms with Gasteiger partial charge < -0.3 is 5.73 Å². The minimum absolute atomic E-state index is 0.0900. The Kier molecular flexibility index (Phi) is 2.98. The predicted molar refractivity (Wildman–Crippen MR) is 60.0 cm³/mol. The molecule has 88 valence electrons. The second-order valence-corrected chi connectivity index (χ2v) is 4.77. The summed E-state index contributed by atoms with van der Waals surface area (Å²) in [4.78, 5) is 0. The number of aryl methyl sites for hydroxylation is 1. The van der Waals surface area contributed by atoms with Crippen molar-refractivity contribution in [1.82, 2.24) is 0 Å². The van der Waals surface area contributed by atoms with Gasteiger partial charge in [0.15, 0.2) is 0 Å². The van der Waals surface area contributed by atoms with E-state index in [0.29, 0.717) is 18.4 Å². The summed E-state index contributed by atoms with van der Waals surface area (Å²) in [6, 6.07) is 2.78. The molecule has 0 unspecified atom stereocenters. The van der Waals surface area contributed by atoms with Gasteiger partial charge in [-0.3, -0.25) is 0 Å². The normalized spacial score (nSPS) is 19.8. The average molecular weight is 225 g/mol. The average Bonchev–Trinajstić information content (AvgIpc) is 2.25. The van der Waals surface area contributed by atoms with E-state index in [1.54, 1.807) is 6.92 Å². The standard InChI is InChI=1S/C13H17F2N/c1-9-5-6-10(14)11(12(9)15)13(16)7-3-2-4-8-13/h5-6H,2-4,7-8,16H2,1H3. The van der Waals surface area contributed by atoms with E-state index in [-0.39, 0.29) is 5.56 Å². The molecule has 0 bridgehead atoms. The van der Waals surface area contributed by atoms with Crippen molar-refractivity contribution < 1.29 is 8.78 Å². The molecule has 0 amide bonds. The van der Waals surface area contributed by atoms with Crippen molar-refractivity contribution in [3.05, 3.63) is 34.9 Å². The summed E-state index contributed by atoms with van der Waals surface area (Å²) in [5, 5.41) is 0. The van der Waals surface area contributed by atoms with Crippen LogP contribution in [0.3, 0.4) is 0 Å². The molecule has 2 N–H and O–H groups in total. The predicted octanol–water partition coefficient (Wildman–Crippen LogP) is 3.39. The van der Waals surface area contributed by atoms with Crippen LogP contribution in [0, 0.1) is 18.6 Å². The molecule has 0 radical (unpaired) electrons. The highest BCUT2D eigenvalue weighted by molar-refractivity contribution is 5.32. The number of benzene rings is 1. The molecular weight excluding hydrogens is 208 g/mol. The van der Waals surface area contributed by atoms with Crippen LogP contribution < -0.4 is 5.73 Å². The van der Waals surface area contributed by atoms with Gasteiger partial charge in [0, 0.05) is 11.1 Å². The van der Waals surface area contributed by atoms with Crippen molar-refractivity contribution in [3.8, 4) is 0 Å². The second kappa shape index (κ2) is 4.13. The largest absolute Gasteiger partial charge is 0.321 e. The molecule has 1 aromatic carbocycles. The lowest BCUT2D eigenvalue weighted by atomic mass is 9.76. The van der Waals surface area contributed by atoms with Crippen molar-refractivity contribution in [3.63, 3.8) is 0 Å². The van der Waals surface area contributed by atoms with Crippen LogP contribution in [0.25, 0.3) is 0 Å². The van der Waals surface area contributed by atoms with Crippen LogP contribution in [0.2, 0.25) is 0 Å². The van der Waals surface area contributed by atoms with E-state index in [1.165, 1.54) is 12.1 Å². The van der Waals surface area contributed by atoms with E-state index >= 15 is 0 Å². The first kappa shape index (κ1) is 11.5. The maximum absolute atomic E-state index is 14.0. The highest BCUT2D eigenvalue weighted by Crippen LogP contribution is 2.37. The fraction of sp³-hybridized carbons (Fsp3) is 0.538. The highest BCUT2D eigenvalue weighted by atomic mass is 19.1. The van der Waals surface area contributed by atoms with Crippen molar-refractivity contribution in [2.75, 3.05) is 0 Å². The molecule has 1 aliphatic rings. The molecule has 3 heteroatoms.